The highest BCUT2D eigenvalue weighted by atomic mass is 16.4. The molecule has 0 saturated carbocycles. The van der Waals surface area contributed by atoms with E-state index in [9.17, 15) is 0 Å². The number of aromatic nitrogens is 4. The molecule has 0 N–H and O–H groups in total. The van der Waals surface area contributed by atoms with Crippen molar-refractivity contribution in [2.45, 2.75) is 0 Å². The molecule has 0 fully saturated rings. The minimum absolute atomic E-state index is 0.310. The fourth-order valence-corrected chi connectivity index (χ4v) is 10.4. The van der Waals surface area contributed by atoms with Gasteiger partial charge < -0.3 is 13.3 Å². The lowest BCUT2D eigenvalue weighted by molar-refractivity contribution is 0.638. The van der Waals surface area contributed by atoms with Crippen LogP contribution in [-0.4, -0.2) is 19.9 Å². The van der Waals surface area contributed by atoms with Gasteiger partial charge in [-0.25, -0.2) is 9.97 Å². The number of nitrogens with zero attached hydrogens (tertiary/aromatic N) is 6. The SMILES string of the molecule is c1ccc2c(N(c3ccc4c(c3)oc3ccccc34)c3cnc4c(n3)oc3nc(N(c5ccc6c(c5)oc5ccccc56)c5c6ccccc6cc6ccccc56)cnc34)c3ccccc3cc2c1. The first kappa shape index (κ1) is 37.6. The van der Waals surface area contributed by atoms with Crippen LogP contribution in [0.1, 0.15) is 0 Å². The van der Waals surface area contributed by atoms with Gasteiger partial charge in [0.2, 0.25) is 0 Å². The number of anilines is 6. The molecule has 9 heteroatoms. The maximum absolute atomic E-state index is 6.71. The lowest BCUT2D eigenvalue weighted by Crippen LogP contribution is -2.13. The minimum atomic E-state index is 0.310. The fourth-order valence-electron chi connectivity index (χ4n) is 10.4. The van der Waals surface area contributed by atoms with Crippen molar-refractivity contribution in [2.75, 3.05) is 9.80 Å². The summed E-state index contributed by atoms with van der Waals surface area (Å²) in [5.41, 5.74) is 8.46. The monoisotopic (exact) mass is 886 g/mol. The van der Waals surface area contributed by atoms with E-state index in [4.69, 9.17) is 33.2 Å². The van der Waals surface area contributed by atoms with Gasteiger partial charge in [-0.2, -0.15) is 9.97 Å². The van der Waals surface area contributed by atoms with Crippen molar-refractivity contribution < 1.29 is 13.3 Å². The highest BCUT2D eigenvalue weighted by molar-refractivity contribution is 6.17. The molecule has 9 nitrogen and oxygen atoms in total. The van der Waals surface area contributed by atoms with Crippen molar-refractivity contribution in [3.05, 3.63) is 207 Å². The van der Waals surface area contributed by atoms with Crippen LogP contribution in [0.3, 0.4) is 0 Å². The van der Waals surface area contributed by atoms with Gasteiger partial charge in [-0.05, 0) is 70.1 Å². The third-order valence-corrected chi connectivity index (χ3v) is 13.5. The molecule has 0 spiro atoms. The number of furan rings is 3. The van der Waals surface area contributed by atoms with Crippen molar-refractivity contribution in [1.29, 1.82) is 0 Å². The molecule has 15 aromatic rings. The summed E-state index contributed by atoms with van der Waals surface area (Å²) >= 11 is 0. The molecule has 0 amide bonds. The Balaban J connectivity index is 0.949. The predicted octanol–water partition coefficient (Wildman–Crippen LogP) is 16.5. The van der Waals surface area contributed by atoms with Gasteiger partial charge in [0.25, 0.3) is 11.4 Å². The van der Waals surface area contributed by atoms with Gasteiger partial charge in [0.1, 0.15) is 22.3 Å². The molecule has 69 heavy (non-hydrogen) atoms. The van der Waals surface area contributed by atoms with Crippen LogP contribution in [-0.2, 0) is 0 Å². The highest BCUT2D eigenvalue weighted by Crippen LogP contribution is 2.47. The van der Waals surface area contributed by atoms with Gasteiger partial charge in [-0.3, -0.25) is 9.80 Å². The number of rotatable bonds is 6. The first-order chi connectivity index (χ1) is 34.2. The van der Waals surface area contributed by atoms with Gasteiger partial charge in [-0.15, -0.1) is 0 Å². The molecule has 0 bridgehead atoms. The summed E-state index contributed by atoms with van der Waals surface area (Å²) in [5.74, 6) is 1.11. The average Bonchev–Trinajstić information content (AvgIpc) is 4.09. The molecular formula is C60H34N6O3. The van der Waals surface area contributed by atoms with Gasteiger partial charge >= 0.3 is 0 Å². The number of hydrogen-bond donors (Lipinski definition) is 0. The maximum Gasteiger partial charge on any atom is 0.251 e. The van der Waals surface area contributed by atoms with Gasteiger partial charge in [0.15, 0.2) is 22.7 Å². The number of benzene rings is 10. The van der Waals surface area contributed by atoms with E-state index in [0.29, 0.717) is 34.1 Å². The summed E-state index contributed by atoms with van der Waals surface area (Å²) in [6, 6.07) is 67.2. The van der Waals surface area contributed by atoms with Crippen LogP contribution in [0.25, 0.3) is 109 Å². The quantitative estimate of drug-likeness (QED) is 0.151. The molecule has 10 aromatic carbocycles. The molecule has 5 heterocycles. The minimum Gasteiger partial charge on any atom is -0.456 e. The lowest BCUT2D eigenvalue weighted by atomic mass is 9.99. The second-order valence-corrected chi connectivity index (χ2v) is 17.4. The first-order valence-electron chi connectivity index (χ1n) is 22.8. The van der Waals surface area contributed by atoms with Crippen LogP contribution in [0.2, 0.25) is 0 Å². The largest absolute Gasteiger partial charge is 0.456 e. The predicted molar refractivity (Wildman–Crippen MR) is 279 cm³/mol. The maximum atomic E-state index is 6.71. The van der Waals surface area contributed by atoms with E-state index in [1.165, 1.54) is 0 Å². The zero-order valence-electron chi connectivity index (χ0n) is 36.5. The molecule has 0 atom stereocenters. The Hall–Kier alpha value is -9.60. The number of hydrogen-bond acceptors (Lipinski definition) is 9. The highest BCUT2D eigenvalue weighted by Gasteiger charge is 2.26. The Kier molecular flexibility index (Phi) is 7.87. The molecule has 0 aliphatic heterocycles. The number of fused-ring (bicyclic) bond motifs is 13. The molecular weight excluding hydrogens is 853 g/mol. The van der Waals surface area contributed by atoms with Crippen molar-refractivity contribution in [1.82, 2.24) is 19.9 Å². The van der Waals surface area contributed by atoms with Crippen LogP contribution in [0.5, 0.6) is 0 Å². The molecule has 0 aliphatic carbocycles. The Morgan fingerprint density at radius 1 is 0.304 bits per heavy atom. The van der Waals surface area contributed by atoms with Crippen molar-refractivity contribution in [3.8, 4) is 0 Å². The molecule has 322 valence electrons. The molecule has 0 aliphatic rings. The standard InChI is InChI=1S/C60H34N6O3/c1-5-17-41-35(13-1)29-36-14-2-6-18-42(36)57(41)65(39-25-27-47-45-21-9-11-23-49(45)67-51(47)31-39)53-33-61-55-56-60(69-59(55)63-53)64-54(34-62-56)66(40-26-28-48-46-22-10-12-24-50(46)68-52(48)32-40)58-43-19-7-3-15-37(43)30-38-16-4-8-20-44(38)58/h1-34H. The molecule has 0 unspecified atom stereocenters. The van der Waals surface area contributed by atoms with E-state index in [1.54, 1.807) is 12.4 Å². The van der Waals surface area contributed by atoms with Crippen molar-refractivity contribution >= 4 is 144 Å². The lowest BCUT2D eigenvalue weighted by Gasteiger charge is -2.27. The Labute approximate surface area is 391 Å². The summed E-state index contributed by atoms with van der Waals surface area (Å²) in [7, 11) is 0. The third-order valence-electron chi connectivity index (χ3n) is 13.5. The zero-order chi connectivity index (χ0) is 45.2. The van der Waals surface area contributed by atoms with Crippen molar-refractivity contribution in [3.63, 3.8) is 0 Å². The van der Waals surface area contributed by atoms with E-state index < -0.39 is 0 Å². The number of para-hydroxylation sites is 2. The molecule has 0 saturated heterocycles. The first-order valence-corrected chi connectivity index (χ1v) is 22.8. The topological polar surface area (TPSA) is 97.5 Å². The smallest absolute Gasteiger partial charge is 0.251 e. The van der Waals surface area contributed by atoms with Crippen LogP contribution >= 0.6 is 0 Å². The second kappa shape index (κ2) is 14.4. The average molecular weight is 887 g/mol. The van der Waals surface area contributed by atoms with Crippen LogP contribution in [0.15, 0.2) is 220 Å². The van der Waals surface area contributed by atoms with E-state index in [0.717, 1.165) is 110 Å². The summed E-state index contributed by atoms with van der Waals surface area (Å²) in [6.45, 7) is 0. The Morgan fingerprint density at radius 2 is 0.652 bits per heavy atom. The normalized spacial score (nSPS) is 12.1. The van der Waals surface area contributed by atoms with E-state index in [-0.39, 0.29) is 0 Å². The summed E-state index contributed by atoms with van der Waals surface area (Å²) in [4.78, 5) is 25.0. The fraction of sp³-hybridized carbons (Fsp3) is 0. The van der Waals surface area contributed by atoms with Gasteiger partial charge in [-0.1, -0.05) is 133 Å². The molecule has 0 radical (unpaired) electrons. The molecule has 5 aromatic heterocycles. The van der Waals surface area contributed by atoms with E-state index >= 15 is 0 Å². The Bertz CT molecular complexity index is 4210. The summed E-state index contributed by atoms with van der Waals surface area (Å²) < 4.78 is 19.6. The van der Waals surface area contributed by atoms with Gasteiger partial charge in [0.05, 0.1) is 35.1 Å². The third kappa shape index (κ3) is 5.71. The summed E-state index contributed by atoms with van der Waals surface area (Å²) in [6.07, 6.45) is 3.59. The Morgan fingerprint density at radius 3 is 1.06 bits per heavy atom. The van der Waals surface area contributed by atoms with E-state index in [2.05, 4.69) is 168 Å². The van der Waals surface area contributed by atoms with Crippen LogP contribution in [0.4, 0.5) is 34.4 Å². The second-order valence-electron chi connectivity index (χ2n) is 17.4. The van der Waals surface area contributed by atoms with Crippen molar-refractivity contribution in [2.24, 2.45) is 0 Å². The zero-order valence-corrected chi connectivity index (χ0v) is 36.5. The molecule has 15 rings (SSSR count). The van der Waals surface area contributed by atoms with Crippen LogP contribution < -0.4 is 9.80 Å². The van der Waals surface area contributed by atoms with Gasteiger partial charge in [0, 0.05) is 55.2 Å². The summed E-state index contributed by atoms with van der Waals surface area (Å²) in [5, 5.41) is 12.8. The van der Waals surface area contributed by atoms with E-state index in [1.807, 2.05) is 36.4 Å². The van der Waals surface area contributed by atoms with Crippen LogP contribution in [0, 0.1) is 0 Å².